The number of aromatic hydroxyl groups is 1. The van der Waals surface area contributed by atoms with Gasteiger partial charge in [0.25, 0.3) is 0 Å². The van der Waals surface area contributed by atoms with E-state index in [-0.39, 0.29) is 5.75 Å². The van der Waals surface area contributed by atoms with Crippen molar-refractivity contribution >= 4 is 15.9 Å². The van der Waals surface area contributed by atoms with Crippen LogP contribution in [0.2, 0.25) is 0 Å². The molecule has 0 atom stereocenters. The van der Waals surface area contributed by atoms with Crippen LogP contribution in [0.4, 0.5) is 0 Å². The van der Waals surface area contributed by atoms with Crippen molar-refractivity contribution in [3.63, 3.8) is 0 Å². The zero-order valence-corrected chi connectivity index (χ0v) is 9.09. The zero-order valence-electron chi connectivity index (χ0n) is 7.50. The highest BCUT2D eigenvalue weighted by molar-refractivity contribution is 9.10. The largest absolute Gasteiger partial charge is 0.505 e. The van der Waals surface area contributed by atoms with Crippen molar-refractivity contribution < 1.29 is 5.11 Å². The summed E-state index contributed by atoms with van der Waals surface area (Å²) in [7, 11) is 0. The second kappa shape index (κ2) is 3.80. The molecule has 0 aliphatic heterocycles. The highest BCUT2D eigenvalue weighted by atomic mass is 79.9. The highest BCUT2D eigenvalue weighted by Gasteiger charge is 2.09. The molecule has 0 unspecified atom stereocenters. The lowest BCUT2D eigenvalue weighted by molar-refractivity contribution is 0.469. The molecular formula is C10H10BrNO. The maximum absolute atomic E-state index is 9.43. The smallest absolute Gasteiger partial charge is 0.147 e. The van der Waals surface area contributed by atoms with Crippen molar-refractivity contribution in [2.45, 2.75) is 19.8 Å². The number of nitriles is 1. The maximum atomic E-state index is 9.43. The summed E-state index contributed by atoms with van der Waals surface area (Å²) in [5, 5.41) is 18.2. The van der Waals surface area contributed by atoms with Crippen LogP contribution in [0, 0.1) is 11.3 Å². The molecule has 0 radical (unpaired) electrons. The third kappa shape index (κ3) is 2.02. The van der Waals surface area contributed by atoms with Gasteiger partial charge in [0.15, 0.2) is 0 Å². The van der Waals surface area contributed by atoms with E-state index in [9.17, 15) is 5.11 Å². The Labute approximate surface area is 85.9 Å². The van der Waals surface area contributed by atoms with Gasteiger partial charge in [-0.15, -0.1) is 0 Å². The fraction of sp³-hybridized carbons (Fsp3) is 0.300. The molecule has 1 N–H and O–H groups in total. The Bertz CT molecular complexity index is 366. The summed E-state index contributed by atoms with van der Waals surface area (Å²) in [6, 6.07) is 5.50. The lowest BCUT2D eigenvalue weighted by Crippen LogP contribution is -1.89. The molecule has 3 heteroatoms. The van der Waals surface area contributed by atoms with E-state index in [4.69, 9.17) is 5.26 Å². The van der Waals surface area contributed by atoms with Crippen molar-refractivity contribution in [1.29, 1.82) is 5.26 Å². The monoisotopic (exact) mass is 239 g/mol. The van der Waals surface area contributed by atoms with E-state index in [1.54, 1.807) is 6.07 Å². The van der Waals surface area contributed by atoms with E-state index >= 15 is 0 Å². The molecule has 2 nitrogen and oxygen atoms in total. The molecule has 68 valence electrons. The third-order valence-electron chi connectivity index (χ3n) is 1.87. The maximum Gasteiger partial charge on any atom is 0.147 e. The van der Waals surface area contributed by atoms with Gasteiger partial charge in [-0.3, -0.25) is 0 Å². The first kappa shape index (κ1) is 10.1. The first-order valence-corrected chi connectivity index (χ1v) is 4.78. The molecule has 0 aliphatic carbocycles. The summed E-state index contributed by atoms with van der Waals surface area (Å²) in [5.74, 6) is 0.371. The quantitative estimate of drug-likeness (QED) is 0.819. The zero-order chi connectivity index (χ0) is 10.0. The van der Waals surface area contributed by atoms with E-state index < -0.39 is 0 Å². The predicted octanol–water partition coefficient (Wildman–Crippen LogP) is 3.15. The van der Waals surface area contributed by atoms with Gasteiger partial charge >= 0.3 is 0 Å². The predicted molar refractivity (Wildman–Crippen MR) is 54.6 cm³/mol. The van der Waals surface area contributed by atoms with Crippen LogP contribution in [0.3, 0.4) is 0 Å². The second-order valence-corrected chi connectivity index (χ2v) is 4.02. The molecule has 0 saturated carbocycles. The van der Waals surface area contributed by atoms with Crippen molar-refractivity contribution in [3.8, 4) is 11.8 Å². The fourth-order valence-electron chi connectivity index (χ4n) is 1.04. The summed E-state index contributed by atoms with van der Waals surface area (Å²) in [6.45, 7) is 4.08. The van der Waals surface area contributed by atoms with Crippen LogP contribution in [0.25, 0.3) is 0 Å². The summed E-state index contributed by atoms with van der Waals surface area (Å²) >= 11 is 3.20. The average molecular weight is 240 g/mol. The van der Waals surface area contributed by atoms with Crippen molar-refractivity contribution in [2.24, 2.45) is 0 Å². The van der Waals surface area contributed by atoms with Gasteiger partial charge in [0.05, 0.1) is 10.0 Å². The number of rotatable bonds is 1. The standard InChI is InChI=1S/C10H10BrNO/c1-6(2)7-3-8(5-12)10(13)9(11)4-7/h3-4,6,13H,1-2H3. The number of hydrogen-bond donors (Lipinski definition) is 1. The summed E-state index contributed by atoms with van der Waals surface area (Å²) < 4.78 is 0.579. The van der Waals surface area contributed by atoms with Gasteiger partial charge in [-0.05, 0) is 39.5 Å². The van der Waals surface area contributed by atoms with E-state index in [1.165, 1.54) is 0 Å². The van der Waals surface area contributed by atoms with E-state index in [0.29, 0.717) is 16.0 Å². The molecule has 0 saturated heterocycles. The minimum atomic E-state index is 0.0203. The first-order valence-electron chi connectivity index (χ1n) is 3.98. The Kier molecular flexibility index (Phi) is 2.94. The molecule has 1 rings (SSSR count). The van der Waals surface area contributed by atoms with Gasteiger partial charge in [-0.25, -0.2) is 0 Å². The van der Waals surface area contributed by atoms with Crippen LogP contribution >= 0.6 is 15.9 Å². The SMILES string of the molecule is CC(C)c1cc(Br)c(O)c(C#N)c1. The van der Waals surface area contributed by atoms with Crippen molar-refractivity contribution in [2.75, 3.05) is 0 Å². The Morgan fingerprint density at radius 1 is 1.46 bits per heavy atom. The minimum Gasteiger partial charge on any atom is -0.505 e. The molecule has 0 fully saturated rings. The molecule has 0 spiro atoms. The van der Waals surface area contributed by atoms with Crippen LogP contribution in [0.1, 0.15) is 30.9 Å². The number of nitrogens with zero attached hydrogens (tertiary/aromatic N) is 1. The van der Waals surface area contributed by atoms with E-state index in [1.807, 2.05) is 26.0 Å². The molecule has 13 heavy (non-hydrogen) atoms. The molecule has 1 aromatic rings. The lowest BCUT2D eigenvalue weighted by Gasteiger charge is -2.07. The average Bonchev–Trinajstić information content (AvgIpc) is 2.09. The Balaban J connectivity index is 3.32. The van der Waals surface area contributed by atoms with Gasteiger partial charge in [0, 0.05) is 0 Å². The van der Waals surface area contributed by atoms with Gasteiger partial charge < -0.3 is 5.11 Å². The molecule has 1 aromatic carbocycles. The van der Waals surface area contributed by atoms with Crippen molar-refractivity contribution in [1.82, 2.24) is 0 Å². The number of phenols is 1. The lowest BCUT2D eigenvalue weighted by atomic mass is 10.0. The Morgan fingerprint density at radius 2 is 2.08 bits per heavy atom. The normalized spacial score (nSPS) is 10.1. The molecule has 0 aromatic heterocycles. The van der Waals surface area contributed by atoms with Crippen LogP contribution in [0.15, 0.2) is 16.6 Å². The number of benzene rings is 1. The molecular weight excluding hydrogens is 230 g/mol. The van der Waals surface area contributed by atoms with Gasteiger partial charge in [0.2, 0.25) is 0 Å². The van der Waals surface area contributed by atoms with Gasteiger partial charge in [0.1, 0.15) is 11.8 Å². The van der Waals surface area contributed by atoms with Crippen LogP contribution in [-0.2, 0) is 0 Å². The molecule has 0 aliphatic rings. The number of hydrogen-bond acceptors (Lipinski definition) is 2. The van der Waals surface area contributed by atoms with E-state index in [0.717, 1.165) is 5.56 Å². The minimum absolute atomic E-state index is 0.0203. The summed E-state index contributed by atoms with van der Waals surface area (Å²) in [5.41, 5.74) is 1.36. The van der Waals surface area contributed by atoms with Crippen LogP contribution in [-0.4, -0.2) is 5.11 Å². The number of halogens is 1. The topological polar surface area (TPSA) is 44.0 Å². The van der Waals surface area contributed by atoms with Gasteiger partial charge in [-0.2, -0.15) is 5.26 Å². The Hall–Kier alpha value is -1.01. The summed E-state index contributed by atoms with van der Waals surface area (Å²) in [6.07, 6.45) is 0. The second-order valence-electron chi connectivity index (χ2n) is 3.17. The first-order chi connectivity index (χ1) is 6.06. The number of phenolic OH excluding ortho intramolecular Hbond substituents is 1. The summed E-state index contributed by atoms with van der Waals surface area (Å²) in [4.78, 5) is 0. The van der Waals surface area contributed by atoms with Crippen LogP contribution in [0.5, 0.6) is 5.75 Å². The molecule has 0 amide bonds. The highest BCUT2D eigenvalue weighted by Crippen LogP contribution is 2.31. The van der Waals surface area contributed by atoms with Crippen LogP contribution < -0.4 is 0 Å². The van der Waals surface area contributed by atoms with Crippen molar-refractivity contribution in [3.05, 3.63) is 27.7 Å². The molecule has 0 bridgehead atoms. The van der Waals surface area contributed by atoms with Gasteiger partial charge in [-0.1, -0.05) is 13.8 Å². The Morgan fingerprint density at radius 3 is 2.54 bits per heavy atom. The van der Waals surface area contributed by atoms with E-state index in [2.05, 4.69) is 15.9 Å². The molecule has 0 heterocycles. The fourth-order valence-corrected chi connectivity index (χ4v) is 1.52. The third-order valence-corrected chi connectivity index (χ3v) is 2.48.